The van der Waals surface area contributed by atoms with Crippen LogP contribution in [-0.4, -0.2) is 18.1 Å². The summed E-state index contributed by atoms with van der Waals surface area (Å²) in [4.78, 5) is 12.2. The molecule has 3 N–H and O–H groups in total. The summed E-state index contributed by atoms with van der Waals surface area (Å²) < 4.78 is 19.9. The van der Waals surface area contributed by atoms with Crippen molar-refractivity contribution in [1.82, 2.24) is 5.32 Å². The zero-order valence-corrected chi connectivity index (χ0v) is 15.0. The summed E-state index contributed by atoms with van der Waals surface area (Å²) >= 11 is 6.65. The van der Waals surface area contributed by atoms with E-state index in [0.717, 1.165) is 0 Å². The molecule has 120 valence electrons. The number of anilines is 1. The van der Waals surface area contributed by atoms with Gasteiger partial charge in [-0.15, -0.1) is 0 Å². The van der Waals surface area contributed by atoms with E-state index >= 15 is 0 Å². The molecule has 0 aliphatic carbocycles. The van der Waals surface area contributed by atoms with Gasteiger partial charge in [-0.05, 0) is 50.1 Å². The number of methoxy groups -OCH3 is 1. The van der Waals surface area contributed by atoms with Gasteiger partial charge < -0.3 is 20.5 Å². The monoisotopic (exact) mass is 444 g/mol. The van der Waals surface area contributed by atoms with Gasteiger partial charge in [0.15, 0.2) is 11.5 Å². The number of fused-ring (bicyclic) bond motifs is 1. The minimum Gasteiger partial charge on any atom is -0.503 e. The van der Waals surface area contributed by atoms with E-state index < -0.39 is 17.9 Å². The number of carbonyl (C=O) groups is 1. The summed E-state index contributed by atoms with van der Waals surface area (Å²) in [6.45, 7) is 0. The Morgan fingerprint density at radius 1 is 1.26 bits per heavy atom. The summed E-state index contributed by atoms with van der Waals surface area (Å²) in [7, 11) is 1.43. The second-order valence-electron chi connectivity index (χ2n) is 4.86. The Labute approximate surface area is 148 Å². The number of aromatic hydroxyl groups is 1. The molecule has 8 heteroatoms. The quantitative estimate of drug-likeness (QED) is 0.655. The van der Waals surface area contributed by atoms with Gasteiger partial charge in [-0.1, -0.05) is 6.07 Å². The van der Waals surface area contributed by atoms with Gasteiger partial charge in [0.1, 0.15) is 12.0 Å². The normalized spacial score (nSPS) is 16.3. The molecule has 5 nitrogen and oxygen atoms in total. The molecule has 1 heterocycles. The van der Waals surface area contributed by atoms with Crippen LogP contribution in [0.3, 0.4) is 0 Å². The van der Waals surface area contributed by atoms with E-state index in [4.69, 9.17) is 4.74 Å². The van der Waals surface area contributed by atoms with Crippen molar-refractivity contribution in [2.24, 2.45) is 0 Å². The molecule has 1 atom stereocenters. The molecule has 0 radical (unpaired) electrons. The Kier molecular flexibility index (Phi) is 4.20. The zero-order chi connectivity index (χ0) is 16.7. The molecule has 0 bridgehead atoms. The highest BCUT2D eigenvalue weighted by Crippen LogP contribution is 2.44. The lowest BCUT2D eigenvalue weighted by Gasteiger charge is -2.29. The van der Waals surface area contributed by atoms with E-state index in [1.54, 1.807) is 12.1 Å². The average molecular weight is 446 g/mol. The molecule has 0 saturated heterocycles. The predicted molar refractivity (Wildman–Crippen MR) is 90.3 cm³/mol. The van der Waals surface area contributed by atoms with Gasteiger partial charge in [0.05, 0.1) is 22.8 Å². The standard InChI is InChI=1S/C15H11Br2FN2O3/c1-23-9-5-6(11(16)12(17)13(9)21)14-19-8-4-2-3-7(18)10(8)15(22)20-14/h2-5,14,19,21H,1H3,(H,20,22)/t14-/m0/s1. The fraction of sp³-hybridized carbons (Fsp3) is 0.133. The second-order valence-corrected chi connectivity index (χ2v) is 6.44. The maximum atomic E-state index is 13.8. The average Bonchev–Trinajstić information content (AvgIpc) is 2.52. The van der Waals surface area contributed by atoms with Crippen LogP contribution in [0.2, 0.25) is 0 Å². The van der Waals surface area contributed by atoms with Crippen molar-refractivity contribution in [1.29, 1.82) is 0 Å². The number of phenols is 1. The highest BCUT2D eigenvalue weighted by molar-refractivity contribution is 9.13. The first kappa shape index (κ1) is 16.1. The number of carbonyl (C=O) groups excluding carboxylic acids is 1. The molecule has 0 saturated carbocycles. The minimum atomic E-state index is -0.614. The number of phenolic OH excluding ortho intramolecular Hbond substituents is 1. The molecule has 1 amide bonds. The molecular weight excluding hydrogens is 435 g/mol. The fourth-order valence-electron chi connectivity index (χ4n) is 2.40. The van der Waals surface area contributed by atoms with Crippen molar-refractivity contribution in [3.05, 3.63) is 50.2 Å². The molecule has 2 aromatic rings. The van der Waals surface area contributed by atoms with Crippen molar-refractivity contribution in [2.45, 2.75) is 6.17 Å². The lowest BCUT2D eigenvalue weighted by molar-refractivity contribution is 0.0931. The smallest absolute Gasteiger partial charge is 0.258 e. The third kappa shape index (κ3) is 2.66. The Bertz CT molecular complexity index is 814. The number of rotatable bonds is 2. The molecule has 0 unspecified atom stereocenters. The van der Waals surface area contributed by atoms with Crippen molar-refractivity contribution < 1.29 is 19.0 Å². The van der Waals surface area contributed by atoms with E-state index in [-0.39, 0.29) is 17.1 Å². The Morgan fingerprint density at radius 2 is 2.00 bits per heavy atom. The van der Waals surface area contributed by atoms with E-state index in [1.807, 2.05) is 0 Å². The van der Waals surface area contributed by atoms with Crippen LogP contribution in [0.5, 0.6) is 11.5 Å². The Morgan fingerprint density at radius 3 is 2.70 bits per heavy atom. The van der Waals surface area contributed by atoms with Gasteiger partial charge in [-0.25, -0.2) is 4.39 Å². The molecule has 3 rings (SSSR count). The summed E-state index contributed by atoms with van der Waals surface area (Å²) in [5.74, 6) is -0.917. The van der Waals surface area contributed by atoms with Crippen molar-refractivity contribution >= 4 is 43.5 Å². The molecule has 0 spiro atoms. The third-order valence-electron chi connectivity index (χ3n) is 3.52. The number of amides is 1. The SMILES string of the molecule is COc1cc([C@@H]2NC(=O)c3c(F)cccc3N2)c(Br)c(Br)c1O. The van der Waals surface area contributed by atoms with Crippen LogP contribution in [0.4, 0.5) is 10.1 Å². The lowest BCUT2D eigenvalue weighted by Crippen LogP contribution is -2.39. The van der Waals surface area contributed by atoms with Crippen LogP contribution in [-0.2, 0) is 0 Å². The van der Waals surface area contributed by atoms with Gasteiger partial charge in [0, 0.05) is 10.0 Å². The first-order valence-corrected chi connectivity index (χ1v) is 8.13. The summed E-state index contributed by atoms with van der Waals surface area (Å²) in [6, 6.07) is 5.98. The van der Waals surface area contributed by atoms with Crippen molar-refractivity contribution in [2.75, 3.05) is 12.4 Å². The van der Waals surface area contributed by atoms with E-state index in [0.29, 0.717) is 20.2 Å². The maximum absolute atomic E-state index is 13.8. The number of hydrogen-bond donors (Lipinski definition) is 3. The topological polar surface area (TPSA) is 70.6 Å². The van der Waals surface area contributed by atoms with Crippen molar-refractivity contribution in [3.63, 3.8) is 0 Å². The first-order chi connectivity index (χ1) is 10.9. The molecule has 1 aliphatic heterocycles. The molecule has 1 aliphatic rings. The van der Waals surface area contributed by atoms with Gasteiger partial charge in [0.25, 0.3) is 5.91 Å². The van der Waals surface area contributed by atoms with Crippen LogP contribution in [0.25, 0.3) is 0 Å². The maximum Gasteiger partial charge on any atom is 0.258 e. The molecular formula is C15H11Br2FN2O3. The summed E-state index contributed by atoms with van der Waals surface area (Å²) in [5.41, 5.74) is 0.994. The van der Waals surface area contributed by atoms with Gasteiger partial charge >= 0.3 is 0 Å². The number of nitrogens with one attached hydrogen (secondary N) is 2. The fourth-order valence-corrected chi connectivity index (χ4v) is 3.36. The van der Waals surface area contributed by atoms with E-state index in [2.05, 4.69) is 42.5 Å². The predicted octanol–water partition coefficient (Wildman–Crippen LogP) is 3.92. The van der Waals surface area contributed by atoms with Crippen LogP contribution in [0, 0.1) is 5.82 Å². The van der Waals surface area contributed by atoms with Crippen molar-refractivity contribution in [3.8, 4) is 11.5 Å². The van der Waals surface area contributed by atoms with Gasteiger partial charge in [-0.3, -0.25) is 4.79 Å². The molecule has 23 heavy (non-hydrogen) atoms. The van der Waals surface area contributed by atoms with Crippen LogP contribution in [0.1, 0.15) is 22.1 Å². The van der Waals surface area contributed by atoms with Gasteiger partial charge in [0.2, 0.25) is 0 Å². The van der Waals surface area contributed by atoms with Crippen LogP contribution >= 0.6 is 31.9 Å². The second kappa shape index (κ2) is 6.01. The first-order valence-electron chi connectivity index (χ1n) is 6.54. The van der Waals surface area contributed by atoms with Crippen LogP contribution < -0.4 is 15.4 Å². The number of hydrogen-bond acceptors (Lipinski definition) is 4. The number of halogens is 3. The molecule has 2 aromatic carbocycles. The highest BCUT2D eigenvalue weighted by Gasteiger charge is 2.30. The lowest BCUT2D eigenvalue weighted by atomic mass is 10.0. The summed E-state index contributed by atoms with van der Waals surface area (Å²) in [6.07, 6.45) is -0.614. The molecule has 0 fully saturated rings. The highest BCUT2D eigenvalue weighted by atomic mass is 79.9. The summed E-state index contributed by atoms with van der Waals surface area (Å²) in [5, 5.41) is 15.7. The van der Waals surface area contributed by atoms with Gasteiger partial charge in [-0.2, -0.15) is 0 Å². The Hall–Kier alpha value is -1.80. The number of ether oxygens (including phenoxy) is 1. The zero-order valence-electron chi connectivity index (χ0n) is 11.8. The third-order valence-corrected chi connectivity index (χ3v) is 5.68. The van der Waals surface area contributed by atoms with Crippen LogP contribution in [0.15, 0.2) is 33.2 Å². The van der Waals surface area contributed by atoms with E-state index in [9.17, 15) is 14.3 Å². The number of benzene rings is 2. The molecule has 0 aromatic heterocycles. The largest absolute Gasteiger partial charge is 0.503 e. The van der Waals surface area contributed by atoms with E-state index in [1.165, 1.54) is 19.2 Å². The Balaban J connectivity index is 2.08. The minimum absolute atomic E-state index is 0.0234.